The molecule has 1 atom stereocenters. The molecule has 0 spiro atoms. The summed E-state index contributed by atoms with van der Waals surface area (Å²) in [5.74, 6) is 1.12. The Kier molecular flexibility index (Phi) is 4.06. The van der Waals surface area contributed by atoms with E-state index in [1.807, 2.05) is 19.1 Å². The highest BCUT2D eigenvalue weighted by atomic mass is 16.5. The van der Waals surface area contributed by atoms with Gasteiger partial charge in [-0.25, -0.2) is 0 Å². The van der Waals surface area contributed by atoms with Crippen LogP contribution in [0.3, 0.4) is 0 Å². The van der Waals surface area contributed by atoms with Gasteiger partial charge in [-0.05, 0) is 44.2 Å². The number of benzene rings is 1. The molecule has 0 heterocycles. The zero-order chi connectivity index (χ0) is 12.3. The lowest BCUT2D eigenvalue weighted by Gasteiger charge is -2.21. The predicted molar refractivity (Wildman–Crippen MR) is 69.6 cm³/mol. The minimum Gasteiger partial charge on any atom is -0.490 e. The van der Waals surface area contributed by atoms with Crippen molar-refractivity contribution in [3.05, 3.63) is 29.3 Å². The van der Waals surface area contributed by atoms with Crippen LogP contribution in [0.5, 0.6) is 5.75 Å². The molecule has 1 aliphatic rings. The van der Waals surface area contributed by atoms with Gasteiger partial charge in [0.2, 0.25) is 0 Å². The molecule has 2 heteroatoms. The van der Waals surface area contributed by atoms with Crippen molar-refractivity contribution >= 4 is 0 Å². The van der Waals surface area contributed by atoms with Crippen LogP contribution in [0.15, 0.2) is 18.2 Å². The lowest BCUT2D eigenvalue weighted by molar-refractivity contribution is 0.203. The van der Waals surface area contributed by atoms with Gasteiger partial charge in [-0.3, -0.25) is 0 Å². The maximum atomic E-state index is 9.34. The Morgan fingerprint density at radius 3 is 2.71 bits per heavy atom. The third-order valence-electron chi connectivity index (χ3n) is 3.65. The molecule has 0 aromatic heterocycles. The number of aryl methyl sites for hydroxylation is 1. The third kappa shape index (κ3) is 2.81. The van der Waals surface area contributed by atoms with Crippen LogP contribution in [0.25, 0.3) is 0 Å². The van der Waals surface area contributed by atoms with E-state index in [9.17, 15) is 5.11 Å². The van der Waals surface area contributed by atoms with E-state index in [2.05, 4.69) is 13.0 Å². The molecule has 0 amide bonds. The SMILES string of the molecule is Cc1cccc(OC2CCCC2)c1C(C)CO. The number of aliphatic hydroxyl groups excluding tert-OH is 1. The molecule has 1 aromatic rings. The summed E-state index contributed by atoms with van der Waals surface area (Å²) in [6.07, 6.45) is 5.27. The second kappa shape index (κ2) is 5.54. The standard InChI is InChI=1S/C15H22O2/c1-11-6-5-9-14(15(11)12(2)10-16)17-13-7-3-4-8-13/h5-6,9,12-13,16H,3-4,7-8,10H2,1-2H3. The Morgan fingerprint density at radius 1 is 1.35 bits per heavy atom. The van der Waals surface area contributed by atoms with Crippen LogP contribution < -0.4 is 4.74 Å². The molecule has 0 bridgehead atoms. The highest BCUT2D eigenvalue weighted by Crippen LogP contribution is 2.32. The lowest BCUT2D eigenvalue weighted by atomic mass is 9.96. The van der Waals surface area contributed by atoms with Gasteiger partial charge in [-0.15, -0.1) is 0 Å². The van der Waals surface area contributed by atoms with Crippen molar-refractivity contribution in [3.63, 3.8) is 0 Å². The van der Waals surface area contributed by atoms with Gasteiger partial charge in [0, 0.05) is 18.1 Å². The van der Waals surface area contributed by atoms with E-state index in [0.717, 1.165) is 5.75 Å². The maximum Gasteiger partial charge on any atom is 0.123 e. The summed E-state index contributed by atoms with van der Waals surface area (Å²) in [4.78, 5) is 0. The Labute approximate surface area is 104 Å². The highest BCUT2D eigenvalue weighted by molar-refractivity contribution is 5.42. The Morgan fingerprint density at radius 2 is 2.06 bits per heavy atom. The molecule has 1 unspecified atom stereocenters. The van der Waals surface area contributed by atoms with Crippen LogP contribution >= 0.6 is 0 Å². The van der Waals surface area contributed by atoms with E-state index in [-0.39, 0.29) is 12.5 Å². The van der Waals surface area contributed by atoms with Crippen molar-refractivity contribution < 1.29 is 9.84 Å². The first kappa shape index (κ1) is 12.4. The summed E-state index contributed by atoms with van der Waals surface area (Å²) in [6, 6.07) is 6.16. The minimum absolute atomic E-state index is 0.146. The van der Waals surface area contributed by atoms with Gasteiger partial charge >= 0.3 is 0 Å². The van der Waals surface area contributed by atoms with E-state index in [0.29, 0.717) is 6.10 Å². The molecule has 1 fully saturated rings. The number of aliphatic hydroxyl groups is 1. The van der Waals surface area contributed by atoms with Crippen molar-refractivity contribution in [2.24, 2.45) is 0 Å². The molecule has 1 aliphatic carbocycles. The molecule has 0 aliphatic heterocycles. The van der Waals surface area contributed by atoms with Crippen molar-refractivity contribution in [1.29, 1.82) is 0 Å². The summed E-state index contributed by atoms with van der Waals surface area (Å²) in [5.41, 5.74) is 2.38. The topological polar surface area (TPSA) is 29.5 Å². The van der Waals surface area contributed by atoms with Crippen LogP contribution in [0.1, 0.15) is 49.7 Å². The van der Waals surface area contributed by atoms with Gasteiger partial charge in [-0.2, -0.15) is 0 Å². The Bertz CT molecular complexity index is 367. The van der Waals surface area contributed by atoms with Crippen molar-refractivity contribution in [2.75, 3.05) is 6.61 Å². The molecule has 17 heavy (non-hydrogen) atoms. The van der Waals surface area contributed by atoms with Crippen LogP contribution in [0.2, 0.25) is 0 Å². The number of hydrogen-bond donors (Lipinski definition) is 1. The van der Waals surface area contributed by atoms with E-state index < -0.39 is 0 Å². The van der Waals surface area contributed by atoms with Gasteiger partial charge in [0.1, 0.15) is 5.75 Å². The van der Waals surface area contributed by atoms with Gasteiger partial charge in [0.15, 0.2) is 0 Å². The average Bonchev–Trinajstić information content (AvgIpc) is 2.81. The second-order valence-electron chi connectivity index (χ2n) is 5.09. The van der Waals surface area contributed by atoms with Crippen molar-refractivity contribution in [2.45, 2.75) is 51.6 Å². The summed E-state index contributed by atoms with van der Waals surface area (Å²) < 4.78 is 6.10. The smallest absolute Gasteiger partial charge is 0.123 e. The van der Waals surface area contributed by atoms with E-state index in [1.165, 1.54) is 36.8 Å². The van der Waals surface area contributed by atoms with E-state index in [4.69, 9.17) is 4.74 Å². The number of ether oxygens (including phenoxy) is 1. The largest absolute Gasteiger partial charge is 0.490 e. The van der Waals surface area contributed by atoms with Crippen LogP contribution in [0, 0.1) is 6.92 Å². The quantitative estimate of drug-likeness (QED) is 0.865. The molecule has 1 saturated carbocycles. The maximum absolute atomic E-state index is 9.34. The summed E-state index contributed by atoms with van der Waals surface area (Å²) >= 11 is 0. The molecule has 1 aromatic carbocycles. The second-order valence-corrected chi connectivity index (χ2v) is 5.09. The molecular weight excluding hydrogens is 212 g/mol. The number of hydrogen-bond acceptors (Lipinski definition) is 2. The fraction of sp³-hybridized carbons (Fsp3) is 0.600. The molecule has 0 radical (unpaired) electrons. The third-order valence-corrected chi connectivity index (χ3v) is 3.65. The number of rotatable bonds is 4. The molecule has 2 nitrogen and oxygen atoms in total. The fourth-order valence-corrected chi connectivity index (χ4v) is 2.67. The molecule has 94 valence electrons. The summed E-state index contributed by atoms with van der Waals surface area (Å²) in [6.45, 7) is 4.30. The van der Waals surface area contributed by atoms with E-state index in [1.54, 1.807) is 0 Å². The van der Waals surface area contributed by atoms with Gasteiger partial charge in [-0.1, -0.05) is 19.1 Å². The van der Waals surface area contributed by atoms with Gasteiger partial charge in [0.05, 0.1) is 6.10 Å². The van der Waals surface area contributed by atoms with Crippen molar-refractivity contribution in [3.8, 4) is 5.75 Å². The highest BCUT2D eigenvalue weighted by Gasteiger charge is 2.20. The average molecular weight is 234 g/mol. The normalized spacial score (nSPS) is 18.3. The van der Waals surface area contributed by atoms with Crippen LogP contribution in [0.4, 0.5) is 0 Å². The first-order valence-corrected chi connectivity index (χ1v) is 6.59. The molecular formula is C15H22O2. The van der Waals surface area contributed by atoms with Crippen LogP contribution in [-0.4, -0.2) is 17.8 Å². The van der Waals surface area contributed by atoms with E-state index >= 15 is 0 Å². The Balaban J connectivity index is 2.22. The fourth-order valence-electron chi connectivity index (χ4n) is 2.67. The summed E-state index contributed by atoms with van der Waals surface area (Å²) in [7, 11) is 0. The van der Waals surface area contributed by atoms with Gasteiger partial charge in [0.25, 0.3) is 0 Å². The first-order valence-electron chi connectivity index (χ1n) is 6.59. The molecule has 1 N–H and O–H groups in total. The van der Waals surface area contributed by atoms with Crippen LogP contribution in [-0.2, 0) is 0 Å². The predicted octanol–water partition coefficient (Wildman–Crippen LogP) is 3.41. The monoisotopic (exact) mass is 234 g/mol. The minimum atomic E-state index is 0.146. The first-order chi connectivity index (χ1) is 8.22. The molecule has 2 rings (SSSR count). The molecule has 0 saturated heterocycles. The lowest BCUT2D eigenvalue weighted by Crippen LogP contribution is -2.14. The zero-order valence-electron chi connectivity index (χ0n) is 10.8. The van der Waals surface area contributed by atoms with Gasteiger partial charge < -0.3 is 9.84 Å². The summed E-state index contributed by atoms with van der Waals surface area (Å²) in [5, 5.41) is 9.34. The van der Waals surface area contributed by atoms with Crippen molar-refractivity contribution in [1.82, 2.24) is 0 Å². The Hall–Kier alpha value is -1.02. The zero-order valence-corrected chi connectivity index (χ0v) is 10.8.